The highest BCUT2D eigenvalue weighted by molar-refractivity contribution is 6.02. The Labute approximate surface area is 121 Å². The number of hydrogen-bond donors (Lipinski definition) is 1. The largest absolute Gasteiger partial charge is 0.493 e. The summed E-state index contributed by atoms with van der Waals surface area (Å²) in [5.74, 6) is 0.999. The maximum absolute atomic E-state index is 13.1. The molecule has 0 aromatic heterocycles. The van der Waals surface area contributed by atoms with Crippen molar-refractivity contribution < 1.29 is 9.53 Å². The first-order chi connectivity index (χ1) is 9.73. The average molecular weight is 275 g/mol. The van der Waals surface area contributed by atoms with E-state index in [9.17, 15) is 4.79 Å². The van der Waals surface area contributed by atoms with Gasteiger partial charge in [0.1, 0.15) is 5.75 Å². The molecule has 3 heteroatoms. The van der Waals surface area contributed by atoms with E-state index in [0.717, 1.165) is 50.1 Å². The molecule has 110 valence electrons. The minimum Gasteiger partial charge on any atom is -0.493 e. The highest BCUT2D eigenvalue weighted by Gasteiger charge is 2.39. The molecule has 0 amide bonds. The summed E-state index contributed by atoms with van der Waals surface area (Å²) in [6.07, 6.45) is 3.87. The normalized spacial score (nSPS) is 17.7. The molecule has 1 aliphatic rings. The van der Waals surface area contributed by atoms with Gasteiger partial charge in [-0.2, -0.15) is 0 Å². The van der Waals surface area contributed by atoms with Gasteiger partial charge in [-0.25, -0.2) is 0 Å². The van der Waals surface area contributed by atoms with Gasteiger partial charge in [-0.3, -0.25) is 4.79 Å². The summed E-state index contributed by atoms with van der Waals surface area (Å²) >= 11 is 0. The smallest absolute Gasteiger partial charge is 0.172 e. The standard InChI is InChI=1S/C17H25NO2/c1-3-9-17(10-12-18-13-11-17)16(19)14-7-5-6-8-15(14)20-4-2/h5-8,18H,3-4,9-13H2,1-2H3. The molecule has 2 rings (SSSR count). The van der Waals surface area contributed by atoms with Gasteiger partial charge >= 0.3 is 0 Å². The lowest BCUT2D eigenvalue weighted by molar-refractivity contribution is 0.0700. The summed E-state index contributed by atoms with van der Waals surface area (Å²) in [5.41, 5.74) is 0.553. The Hall–Kier alpha value is -1.35. The molecule has 1 saturated heterocycles. The number of benzene rings is 1. The number of carbonyl (C=O) groups is 1. The number of para-hydroxylation sites is 1. The number of ether oxygens (including phenoxy) is 1. The molecule has 0 aliphatic carbocycles. The zero-order valence-electron chi connectivity index (χ0n) is 12.6. The van der Waals surface area contributed by atoms with Gasteiger partial charge in [0.25, 0.3) is 0 Å². The molecule has 3 nitrogen and oxygen atoms in total. The lowest BCUT2D eigenvalue weighted by atomic mass is 9.70. The van der Waals surface area contributed by atoms with Crippen LogP contribution in [0.1, 0.15) is 49.9 Å². The van der Waals surface area contributed by atoms with Crippen LogP contribution in [0.25, 0.3) is 0 Å². The summed E-state index contributed by atoms with van der Waals surface area (Å²) in [6.45, 7) is 6.57. The van der Waals surface area contributed by atoms with E-state index in [-0.39, 0.29) is 11.2 Å². The maximum atomic E-state index is 13.1. The third-order valence-corrected chi connectivity index (χ3v) is 4.20. The van der Waals surface area contributed by atoms with Crippen molar-refractivity contribution in [2.45, 2.75) is 39.5 Å². The van der Waals surface area contributed by atoms with Gasteiger partial charge in [-0.1, -0.05) is 25.5 Å². The van der Waals surface area contributed by atoms with Gasteiger partial charge < -0.3 is 10.1 Å². The number of rotatable bonds is 6. The summed E-state index contributed by atoms with van der Waals surface area (Å²) in [7, 11) is 0. The first kappa shape index (κ1) is 15.0. The van der Waals surface area contributed by atoms with E-state index >= 15 is 0 Å². The van der Waals surface area contributed by atoms with Crippen molar-refractivity contribution in [2.24, 2.45) is 5.41 Å². The highest BCUT2D eigenvalue weighted by atomic mass is 16.5. The van der Waals surface area contributed by atoms with E-state index in [4.69, 9.17) is 4.74 Å². The van der Waals surface area contributed by atoms with Crippen LogP contribution in [0, 0.1) is 5.41 Å². The second-order valence-corrected chi connectivity index (χ2v) is 5.54. The summed E-state index contributed by atoms with van der Waals surface area (Å²) < 4.78 is 5.64. The third kappa shape index (κ3) is 3.04. The van der Waals surface area contributed by atoms with E-state index in [2.05, 4.69) is 12.2 Å². The summed E-state index contributed by atoms with van der Waals surface area (Å²) in [5, 5.41) is 3.36. The van der Waals surface area contributed by atoms with Gasteiger partial charge in [0, 0.05) is 5.41 Å². The Bertz CT molecular complexity index is 445. The van der Waals surface area contributed by atoms with Crippen LogP contribution < -0.4 is 10.1 Å². The van der Waals surface area contributed by atoms with Crippen LogP contribution in [0.15, 0.2) is 24.3 Å². The highest BCUT2D eigenvalue weighted by Crippen LogP contribution is 2.39. The van der Waals surface area contributed by atoms with Crippen LogP contribution in [0.5, 0.6) is 5.75 Å². The van der Waals surface area contributed by atoms with Gasteiger partial charge in [0.2, 0.25) is 0 Å². The van der Waals surface area contributed by atoms with Crippen molar-refractivity contribution in [3.05, 3.63) is 29.8 Å². The van der Waals surface area contributed by atoms with Crippen LogP contribution >= 0.6 is 0 Å². The SMILES string of the molecule is CCCC1(C(=O)c2ccccc2OCC)CCNCC1. The van der Waals surface area contributed by atoms with Crippen molar-refractivity contribution in [1.29, 1.82) is 0 Å². The summed E-state index contributed by atoms with van der Waals surface area (Å²) in [4.78, 5) is 13.1. The van der Waals surface area contributed by atoms with E-state index < -0.39 is 0 Å². The molecule has 1 N–H and O–H groups in total. The summed E-state index contributed by atoms with van der Waals surface area (Å²) in [6, 6.07) is 7.66. The fraction of sp³-hybridized carbons (Fsp3) is 0.588. The number of Topliss-reactive ketones (excluding diaryl/α,β-unsaturated/α-hetero) is 1. The second-order valence-electron chi connectivity index (χ2n) is 5.54. The van der Waals surface area contributed by atoms with Gasteiger partial charge in [0.05, 0.1) is 12.2 Å². The molecule has 1 aromatic rings. The zero-order chi connectivity index (χ0) is 14.4. The van der Waals surface area contributed by atoms with E-state index in [0.29, 0.717) is 6.61 Å². The van der Waals surface area contributed by atoms with Crippen LogP contribution in [0.4, 0.5) is 0 Å². The molecule has 1 fully saturated rings. The molecular formula is C17H25NO2. The average Bonchev–Trinajstić information content (AvgIpc) is 2.49. The van der Waals surface area contributed by atoms with Crippen molar-refractivity contribution in [2.75, 3.05) is 19.7 Å². The van der Waals surface area contributed by atoms with Crippen molar-refractivity contribution >= 4 is 5.78 Å². The molecule has 1 aliphatic heterocycles. The monoisotopic (exact) mass is 275 g/mol. The number of hydrogen-bond acceptors (Lipinski definition) is 3. The zero-order valence-corrected chi connectivity index (χ0v) is 12.6. The van der Waals surface area contributed by atoms with Crippen molar-refractivity contribution in [1.82, 2.24) is 5.32 Å². The number of ketones is 1. The topological polar surface area (TPSA) is 38.3 Å². The van der Waals surface area contributed by atoms with Crippen molar-refractivity contribution in [3.8, 4) is 5.75 Å². The van der Waals surface area contributed by atoms with Crippen LogP contribution in [0.2, 0.25) is 0 Å². The first-order valence-electron chi connectivity index (χ1n) is 7.71. The molecule has 1 aromatic carbocycles. The molecule has 20 heavy (non-hydrogen) atoms. The molecule has 0 unspecified atom stereocenters. The quantitative estimate of drug-likeness (QED) is 0.808. The predicted molar refractivity (Wildman–Crippen MR) is 81.4 cm³/mol. The first-order valence-corrected chi connectivity index (χ1v) is 7.71. The fourth-order valence-corrected chi connectivity index (χ4v) is 3.20. The molecule has 0 bridgehead atoms. The second kappa shape index (κ2) is 6.89. The minimum atomic E-state index is -0.201. The molecule has 0 atom stereocenters. The van der Waals surface area contributed by atoms with Crippen LogP contribution in [-0.2, 0) is 0 Å². The van der Waals surface area contributed by atoms with Crippen LogP contribution in [0.3, 0.4) is 0 Å². The number of nitrogens with one attached hydrogen (secondary N) is 1. The van der Waals surface area contributed by atoms with E-state index in [1.807, 2.05) is 31.2 Å². The van der Waals surface area contributed by atoms with E-state index in [1.54, 1.807) is 0 Å². The Morgan fingerprint density at radius 3 is 2.60 bits per heavy atom. The number of carbonyl (C=O) groups excluding carboxylic acids is 1. The Morgan fingerprint density at radius 2 is 1.95 bits per heavy atom. The fourth-order valence-electron chi connectivity index (χ4n) is 3.20. The lowest BCUT2D eigenvalue weighted by Gasteiger charge is -2.36. The minimum absolute atomic E-state index is 0.201. The Balaban J connectivity index is 2.32. The molecule has 0 radical (unpaired) electrons. The van der Waals surface area contributed by atoms with E-state index in [1.165, 1.54) is 0 Å². The van der Waals surface area contributed by atoms with Gasteiger partial charge in [-0.05, 0) is 51.4 Å². The lowest BCUT2D eigenvalue weighted by Crippen LogP contribution is -2.42. The van der Waals surface area contributed by atoms with Gasteiger partial charge in [-0.15, -0.1) is 0 Å². The Kier molecular flexibility index (Phi) is 5.18. The Morgan fingerprint density at radius 1 is 1.25 bits per heavy atom. The predicted octanol–water partition coefficient (Wildman–Crippen LogP) is 3.44. The van der Waals surface area contributed by atoms with Crippen molar-refractivity contribution in [3.63, 3.8) is 0 Å². The molecular weight excluding hydrogens is 250 g/mol. The number of piperidine rings is 1. The molecule has 1 heterocycles. The maximum Gasteiger partial charge on any atom is 0.172 e. The molecule has 0 saturated carbocycles. The van der Waals surface area contributed by atoms with Gasteiger partial charge in [0.15, 0.2) is 5.78 Å². The molecule has 0 spiro atoms. The van der Waals surface area contributed by atoms with Crippen LogP contribution in [-0.4, -0.2) is 25.5 Å². The third-order valence-electron chi connectivity index (χ3n) is 4.20.